The third kappa shape index (κ3) is 7.29. The van der Waals surface area contributed by atoms with Gasteiger partial charge in [0.1, 0.15) is 6.61 Å². The first-order valence-corrected chi connectivity index (χ1v) is 12.0. The van der Waals surface area contributed by atoms with Gasteiger partial charge in [0.25, 0.3) is 5.69 Å². The number of nitro groups is 1. The van der Waals surface area contributed by atoms with Gasteiger partial charge in [-0.25, -0.2) is 4.79 Å². The van der Waals surface area contributed by atoms with Crippen molar-refractivity contribution in [3.63, 3.8) is 0 Å². The number of carbonyl (C=O) groups is 1. The van der Waals surface area contributed by atoms with Crippen molar-refractivity contribution in [2.75, 3.05) is 6.61 Å². The minimum Gasteiger partial charge on any atom is -0.448 e. The second kappa shape index (κ2) is 11.0. The molecule has 2 atom stereocenters. The lowest BCUT2D eigenvalue weighted by molar-refractivity contribution is -0.385. The van der Waals surface area contributed by atoms with Gasteiger partial charge in [-0.1, -0.05) is 50.2 Å². The Morgan fingerprint density at radius 2 is 1.88 bits per heavy atom. The van der Waals surface area contributed by atoms with E-state index in [1.807, 2.05) is 45.0 Å². The number of hydrogen-bond acceptors (Lipinski definition) is 5. The number of hydrogen-bond donors (Lipinski definition) is 1. The Morgan fingerprint density at radius 1 is 1.18 bits per heavy atom. The summed E-state index contributed by atoms with van der Waals surface area (Å²) in [7, 11) is 0. The van der Waals surface area contributed by atoms with Crippen LogP contribution < -0.4 is 5.32 Å². The number of carbonyl (C=O) groups excluding carboxylic acids is 1. The minimum atomic E-state index is -0.431. The number of non-ortho nitro benzene ring substituents is 1. The lowest BCUT2D eigenvalue weighted by Gasteiger charge is -2.42. The summed E-state index contributed by atoms with van der Waals surface area (Å²) in [5, 5.41) is 14.2. The van der Waals surface area contributed by atoms with Gasteiger partial charge >= 0.3 is 6.09 Å². The average Bonchev–Trinajstić information content (AvgIpc) is 2.75. The molecule has 7 nitrogen and oxygen atoms in total. The van der Waals surface area contributed by atoms with E-state index in [2.05, 4.69) is 36.2 Å². The van der Waals surface area contributed by atoms with E-state index >= 15 is 0 Å². The molecule has 1 aliphatic heterocycles. The Hall–Kier alpha value is -2.93. The number of amides is 1. The molecule has 0 spiro atoms. The van der Waals surface area contributed by atoms with Gasteiger partial charge in [0.15, 0.2) is 0 Å². The topological polar surface area (TPSA) is 84.7 Å². The van der Waals surface area contributed by atoms with E-state index in [1.54, 1.807) is 12.1 Å². The fourth-order valence-electron chi connectivity index (χ4n) is 4.63. The maximum atomic E-state index is 12.4. The molecule has 184 valence electrons. The van der Waals surface area contributed by atoms with Gasteiger partial charge in [0, 0.05) is 36.3 Å². The number of nitrogens with one attached hydrogen (secondary N) is 1. The van der Waals surface area contributed by atoms with E-state index in [-0.39, 0.29) is 34.8 Å². The molecule has 1 N–H and O–H groups in total. The predicted octanol–water partition coefficient (Wildman–Crippen LogP) is 5.50. The molecule has 0 bridgehead atoms. The molecule has 34 heavy (non-hydrogen) atoms. The van der Waals surface area contributed by atoms with Gasteiger partial charge in [-0.15, -0.1) is 0 Å². The van der Waals surface area contributed by atoms with Crippen molar-refractivity contribution in [2.45, 2.75) is 78.0 Å². The van der Waals surface area contributed by atoms with Gasteiger partial charge in [0.05, 0.1) is 4.92 Å². The molecular weight excluding hydrogens is 430 g/mol. The Morgan fingerprint density at radius 3 is 2.50 bits per heavy atom. The number of alkyl carbamates (subject to hydrolysis) is 1. The van der Waals surface area contributed by atoms with E-state index in [9.17, 15) is 14.9 Å². The number of nitro benzene ring substituents is 1. The van der Waals surface area contributed by atoms with E-state index in [0.717, 1.165) is 30.4 Å². The summed E-state index contributed by atoms with van der Waals surface area (Å²) in [6, 6.07) is 15.6. The van der Waals surface area contributed by atoms with E-state index in [4.69, 9.17) is 4.74 Å². The monoisotopic (exact) mass is 467 g/mol. The molecule has 7 heteroatoms. The molecule has 1 heterocycles. The molecule has 2 aromatic rings. The number of fused-ring (bicyclic) bond motifs is 1. The first-order chi connectivity index (χ1) is 16.0. The maximum Gasteiger partial charge on any atom is 0.407 e. The van der Waals surface area contributed by atoms with Crippen LogP contribution in [0.1, 0.15) is 57.7 Å². The lowest BCUT2D eigenvalue weighted by atomic mass is 9.87. The first-order valence-electron chi connectivity index (χ1n) is 12.0. The van der Waals surface area contributed by atoms with Crippen LogP contribution in [0.4, 0.5) is 10.5 Å². The minimum absolute atomic E-state index is 0.0516. The van der Waals surface area contributed by atoms with Crippen molar-refractivity contribution in [1.82, 2.24) is 10.2 Å². The van der Waals surface area contributed by atoms with Crippen molar-refractivity contribution in [3.05, 3.63) is 75.3 Å². The van der Waals surface area contributed by atoms with Gasteiger partial charge in [-0.3, -0.25) is 15.0 Å². The summed E-state index contributed by atoms with van der Waals surface area (Å²) in [6.07, 6.45) is 2.11. The van der Waals surface area contributed by atoms with Crippen molar-refractivity contribution in [2.24, 2.45) is 5.92 Å². The molecule has 2 aromatic carbocycles. The standard InChI is InChI=1S/C27H37N3O4/c1-19(2)13-24-15-21-11-12-23(30(32)33)16-22(21)17-29(24)25(14-20-9-7-6-8-10-20)18-34-26(31)28-27(3,4)5/h6-12,16,19,24-25H,13-15,17-18H2,1-5H3,(H,28,31). The van der Waals surface area contributed by atoms with Crippen LogP contribution in [-0.2, 0) is 24.1 Å². The van der Waals surface area contributed by atoms with Crippen molar-refractivity contribution < 1.29 is 14.5 Å². The third-order valence-electron chi connectivity index (χ3n) is 6.09. The molecule has 2 unspecified atom stereocenters. The van der Waals surface area contributed by atoms with Gasteiger partial charge in [-0.2, -0.15) is 0 Å². The summed E-state index contributed by atoms with van der Waals surface area (Å²) < 4.78 is 5.71. The third-order valence-corrected chi connectivity index (χ3v) is 6.09. The van der Waals surface area contributed by atoms with Crippen LogP contribution in [0.25, 0.3) is 0 Å². The maximum absolute atomic E-state index is 12.4. The highest BCUT2D eigenvalue weighted by molar-refractivity contribution is 5.68. The van der Waals surface area contributed by atoms with Gasteiger partial charge in [-0.05, 0) is 62.6 Å². The Labute approximate surface area is 202 Å². The number of nitrogens with zero attached hydrogens (tertiary/aromatic N) is 2. The van der Waals surface area contributed by atoms with Crippen LogP contribution in [0.2, 0.25) is 0 Å². The van der Waals surface area contributed by atoms with Gasteiger partial charge < -0.3 is 10.1 Å². The second-order valence-corrected chi connectivity index (χ2v) is 10.7. The molecule has 0 fully saturated rings. The second-order valence-electron chi connectivity index (χ2n) is 10.7. The highest BCUT2D eigenvalue weighted by Gasteiger charge is 2.33. The lowest BCUT2D eigenvalue weighted by Crippen LogP contribution is -2.51. The summed E-state index contributed by atoms with van der Waals surface area (Å²) in [6.45, 7) is 11.0. The molecule has 0 aromatic heterocycles. The van der Waals surface area contributed by atoms with Crippen molar-refractivity contribution in [3.8, 4) is 0 Å². The first kappa shape index (κ1) is 25.7. The SMILES string of the molecule is CC(C)CC1Cc2ccc([N+](=O)[O-])cc2CN1C(COC(=O)NC(C)(C)C)Cc1ccccc1. The quantitative estimate of drug-likeness (QED) is 0.409. The normalized spacial score (nSPS) is 17.2. The fourth-order valence-corrected chi connectivity index (χ4v) is 4.63. The summed E-state index contributed by atoms with van der Waals surface area (Å²) in [4.78, 5) is 25.9. The van der Waals surface area contributed by atoms with Crippen LogP contribution in [0.15, 0.2) is 48.5 Å². The van der Waals surface area contributed by atoms with Crippen molar-refractivity contribution in [1.29, 1.82) is 0 Å². The molecule has 0 radical (unpaired) electrons. The van der Waals surface area contributed by atoms with Crippen LogP contribution in [0, 0.1) is 16.0 Å². The Kier molecular flexibility index (Phi) is 8.31. The zero-order valence-electron chi connectivity index (χ0n) is 20.9. The van der Waals surface area contributed by atoms with Crippen LogP contribution in [0.3, 0.4) is 0 Å². The zero-order chi connectivity index (χ0) is 24.9. The summed E-state index contributed by atoms with van der Waals surface area (Å²) in [5.41, 5.74) is 3.04. The molecule has 0 aliphatic carbocycles. The Balaban J connectivity index is 1.90. The van der Waals surface area contributed by atoms with Crippen LogP contribution in [-0.4, -0.2) is 40.1 Å². The van der Waals surface area contributed by atoms with E-state index in [0.29, 0.717) is 12.5 Å². The van der Waals surface area contributed by atoms with Crippen LogP contribution in [0.5, 0.6) is 0 Å². The molecular formula is C27H37N3O4. The average molecular weight is 468 g/mol. The Bertz CT molecular complexity index is 985. The van der Waals surface area contributed by atoms with E-state index in [1.165, 1.54) is 5.56 Å². The van der Waals surface area contributed by atoms with Gasteiger partial charge in [0.2, 0.25) is 0 Å². The van der Waals surface area contributed by atoms with Crippen molar-refractivity contribution >= 4 is 11.8 Å². The number of rotatable bonds is 8. The molecule has 1 amide bonds. The smallest absolute Gasteiger partial charge is 0.407 e. The molecule has 1 aliphatic rings. The molecule has 3 rings (SSSR count). The molecule has 0 saturated heterocycles. The zero-order valence-corrected chi connectivity index (χ0v) is 20.9. The molecule has 0 saturated carbocycles. The highest BCUT2D eigenvalue weighted by atomic mass is 16.6. The largest absolute Gasteiger partial charge is 0.448 e. The number of ether oxygens (including phenoxy) is 1. The predicted molar refractivity (Wildman–Crippen MR) is 134 cm³/mol. The van der Waals surface area contributed by atoms with E-state index < -0.39 is 6.09 Å². The summed E-state index contributed by atoms with van der Waals surface area (Å²) in [5.74, 6) is 0.495. The highest BCUT2D eigenvalue weighted by Crippen LogP contribution is 2.32. The fraction of sp³-hybridized carbons (Fsp3) is 0.519. The number of benzene rings is 2. The summed E-state index contributed by atoms with van der Waals surface area (Å²) >= 11 is 0. The van der Waals surface area contributed by atoms with Crippen LogP contribution >= 0.6 is 0 Å².